The first-order valence-electron chi connectivity index (χ1n) is 10.5. The molecule has 1 fully saturated rings. The van der Waals surface area contributed by atoms with Gasteiger partial charge in [-0.25, -0.2) is 0 Å². The Bertz CT molecular complexity index is 843. The Morgan fingerprint density at radius 2 is 1.84 bits per heavy atom. The number of anilines is 1. The van der Waals surface area contributed by atoms with E-state index in [0.717, 1.165) is 25.9 Å². The molecule has 2 N–H and O–H groups in total. The molecule has 0 bridgehead atoms. The van der Waals surface area contributed by atoms with Gasteiger partial charge in [-0.1, -0.05) is 0 Å². The van der Waals surface area contributed by atoms with Gasteiger partial charge in [0, 0.05) is 24.2 Å². The number of likely N-dealkylation sites (tertiary alicyclic amines) is 1. The molecule has 0 atom stereocenters. The van der Waals surface area contributed by atoms with Crippen LogP contribution >= 0.6 is 12.4 Å². The number of carbonyl (C=O) groups excluding carboxylic acids is 2. The summed E-state index contributed by atoms with van der Waals surface area (Å²) >= 11 is 0. The zero-order valence-corrected chi connectivity index (χ0v) is 19.2. The molecule has 1 aliphatic heterocycles. The predicted molar refractivity (Wildman–Crippen MR) is 123 cm³/mol. The predicted octanol–water partition coefficient (Wildman–Crippen LogP) is 3.59. The summed E-state index contributed by atoms with van der Waals surface area (Å²) in [5.74, 6) is 1.04. The summed E-state index contributed by atoms with van der Waals surface area (Å²) in [6.07, 6.45) is 3.65. The number of halogens is 1. The molecule has 1 aliphatic rings. The molecule has 31 heavy (non-hydrogen) atoms. The van der Waals surface area contributed by atoms with Gasteiger partial charge in [-0.3, -0.25) is 9.59 Å². The van der Waals surface area contributed by atoms with Crippen LogP contribution in [0.25, 0.3) is 0 Å². The molecule has 0 aliphatic carbocycles. The molecule has 7 nitrogen and oxygen atoms in total. The molecular weight excluding hydrogens is 418 g/mol. The first kappa shape index (κ1) is 24.8. The average molecular weight is 450 g/mol. The third-order valence-corrected chi connectivity index (χ3v) is 5.63. The SMILES string of the molecule is COc1ccc(C(=O)c2occc2NCC(=O)NCC2CCN(C(C)C)CC2)cc1.Cl. The Morgan fingerprint density at radius 1 is 1.16 bits per heavy atom. The third-order valence-electron chi connectivity index (χ3n) is 5.63. The molecule has 0 radical (unpaired) electrons. The molecule has 2 aromatic rings. The quantitative estimate of drug-likeness (QED) is 0.569. The van der Waals surface area contributed by atoms with Crippen LogP contribution in [-0.4, -0.2) is 55.9 Å². The number of carbonyl (C=O) groups is 2. The van der Waals surface area contributed by atoms with Crippen molar-refractivity contribution in [2.75, 3.05) is 38.6 Å². The van der Waals surface area contributed by atoms with E-state index in [4.69, 9.17) is 9.15 Å². The summed E-state index contributed by atoms with van der Waals surface area (Å²) in [6, 6.07) is 9.06. The van der Waals surface area contributed by atoms with E-state index in [1.165, 1.54) is 6.26 Å². The van der Waals surface area contributed by atoms with Gasteiger partial charge in [0.2, 0.25) is 11.7 Å². The number of piperidine rings is 1. The number of ether oxygens (including phenoxy) is 1. The lowest BCUT2D eigenvalue weighted by molar-refractivity contribution is -0.119. The Balaban J connectivity index is 0.00000341. The summed E-state index contributed by atoms with van der Waals surface area (Å²) in [4.78, 5) is 27.4. The van der Waals surface area contributed by atoms with E-state index in [2.05, 4.69) is 29.4 Å². The Hall–Kier alpha value is -2.51. The zero-order chi connectivity index (χ0) is 21.5. The zero-order valence-electron chi connectivity index (χ0n) is 18.3. The number of nitrogens with zero attached hydrogens (tertiary/aromatic N) is 1. The van der Waals surface area contributed by atoms with Crippen molar-refractivity contribution in [2.24, 2.45) is 5.92 Å². The number of methoxy groups -OCH3 is 1. The summed E-state index contributed by atoms with van der Waals surface area (Å²) in [5, 5.41) is 6.02. The van der Waals surface area contributed by atoms with Crippen molar-refractivity contribution in [3.8, 4) is 5.75 Å². The Morgan fingerprint density at radius 3 is 2.45 bits per heavy atom. The molecular formula is C23H32ClN3O4. The third kappa shape index (κ3) is 6.74. The van der Waals surface area contributed by atoms with Crippen LogP contribution in [0.1, 0.15) is 42.8 Å². The normalized spacial score (nSPS) is 14.7. The van der Waals surface area contributed by atoms with Gasteiger partial charge in [0.15, 0.2) is 5.76 Å². The van der Waals surface area contributed by atoms with Crippen LogP contribution in [0.3, 0.4) is 0 Å². The highest BCUT2D eigenvalue weighted by molar-refractivity contribution is 6.10. The highest BCUT2D eigenvalue weighted by Crippen LogP contribution is 2.22. The fourth-order valence-corrected chi connectivity index (χ4v) is 3.67. The molecule has 170 valence electrons. The van der Waals surface area contributed by atoms with Crippen LogP contribution in [0, 0.1) is 5.92 Å². The van der Waals surface area contributed by atoms with Gasteiger partial charge in [-0.15, -0.1) is 12.4 Å². The highest BCUT2D eigenvalue weighted by atomic mass is 35.5. The second kappa shape index (κ2) is 11.8. The van der Waals surface area contributed by atoms with Crippen LogP contribution in [0.5, 0.6) is 5.75 Å². The van der Waals surface area contributed by atoms with Gasteiger partial charge in [0.1, 0.15) is 5.75 Å². The van der Waals surface area contributed by atoms with Crippen LogP contribution in [-0.2, 0) is 4.79 Å². The van der Waals surface area contributed by atoms with Crippen molar-refractivity contribution in [3.63, 3.8) is 0 Å². The molecule has 0 spiro atoms. The monoisotopic (exact) mass is 449 g/mol. The lowest BCUT2D eigenvalue weighted by Crippen LogP contribution is -2.42. The van der Waals surface area contributed by atoms with Crippen molar-refractivity contribution in [2.45, 2.75) is 32.7 Å². The van der Waals surface area contributed by atoms with Crippen LogP contribution in [0.4, 0.5) is 5.69 Å². The minimum absolute atomic E-state index is 0. The van der Waals surface area contributed by atoms with Gasteiger partial charge in [0.05, 0.1) is 25.6 Å². The van der Waals surface area contributed by atoms with Crippen LogP contribution in [0.2, 0.25) is 0 Å². The van der Waals surface area contributed by atoms with Crippen molar-refractivity contribution in [3.05, 3.63) is 47.9 Å². The fourth-order valence-electron chi connectivity index (χ4n) is 3.67. The molecule has 3 rings (SSSR count). The highest BCUT2D eigenvalue weighted by Gasteiger charge is 2.21. The summed E-state index contributed by atoms with van der Waals surface area (Å²) in [6.45, 7) is 7.39. The number of hydrogen-bond donors (Lipinski definition) is 2. The second-order valence-electron chi connectivity index (χ2n) is 7.95. The lowest BCUT2D eigenvalue weighted by Gasteiger charge is -2.34. The van der Waals surface area contributed by atoms with E-state index in [-0.39, 0.29) is 36.4 Å². The number of benzene rings is 1. The smallest absolute Gasteiger partial charge is 0.239 e. The minimum atomic E-state index is -0.248. The number of hydrogen-bond acceptors (Lipinski definition) is 6. The summed E-state index contributed by atoms with van der Waals surface area (Å²) < 4.78 is 10.5. The van der Waals surface area contributed by atoms with Crippen LogP contribution < -0.4 is 15.4 Å². The average Bonchev–Trinajstić information content (AvgIpc) is 3.24. The number of nitrogens with one attached hydrogen (secondary N) is 2. The summed E-state index contributed by atoms with van der Waals surface area (Å²) in [7, 11) is 1.57. The summed E-state index contributed by atoms with van der Waals surface area (Å²) in [5.41, 5.74) is 1.00. The fraction of sp³-hybridized carbons (Fsp3) is 0.478. The Kier molecular flexibility index (Phi) is 9.40. The van der Waals surface area contributed by atoms with Gasteiger partial charge >= 0.3 is 0 Å². The van der Waals surface area contributed by atoms with E-state index in [1.54, 1.807) is 37.4 Å². The van der Waals surface area contributed by atoms with Crippen LogP contribution in [0.15, 0.2) is 41.0 Å². The number of furan rings is 1. The standard InChI is InChI=1S/C23H31N3O4.ClH/c1-16(2)26-11-8-17(9-12-26)14-25-21(27)15-24-20-10-13-30-23(20)22(28)18-4-6-19(29-3)7-5-18;/h4-7,10,13,16-17,24H,8-9,11-12,14-15H2,1-3H3,(H,25,27);1H. The van der Waals surface area contributed by atoms with E-state index >= 15 is 0 Å². The maximum atomic E-state index is 12.7. The van der Waals surface area contributed by atoms with E-state index in [1.807, 2.05) is 0 Å². The lowest BCUT2D eigenvalue weighted by atomic mass is 9.96. The molecule has 1 aromatic heterocycles. The van der Waals surface area contributed by atoms with Crippen molar-refractivity contribution in [1.82, 2.24) is 10.2 Å². The van der Waals surface area contributed by atoms with E-state index in [0.29, 0.717) is 35.5 Å². The van der Waals surface area contributed by atoms with E-state index < -0.39 is 0 Å². The Labute approximate surface area is 189 Å². The van der Waals surface area contributed by atoms with Gasteiger partial charge < -0.3 is 24.7 Å². The van der Waals surface area contributed by atoms with Crippen molar-refractivity contribution in [1.29, 1.82) is 0 Å². The first-order valence-corrected chi connectivity index (χ1v) is 10.5. The number of amides is 1. The molecule has 1 saturated heterocycles. The maximum Gasteiger partial charge on any atom is 0.239 e. The van der Waals surface area contributed by atoms with Gasteiger partial charge in [-0.05, 0) is 70.0 Å². The number of ketones is 1. The molecule has 1 amide bonds. The molecule has 0 saturated carbocycles. The molecule has 1 aromatic carbocycles. The molecule has 0 unspecified atom stereocenters. The minimum Gasteiger partial charge on any atom is -0.497 e. The molecule has 2 heterocycles. The topological polar surface area (TPSA) is 83.8 Å². The van der Waals surface area contributed by atoms with Crippen molar-refractivity contribution < 1.29 is 18.7 Å². The van der Waals surface area contributed by atoms with E-state index in [9.17, 15) is 9.59 Å². The number of rotatable bonds is 9. The van der Waals surface area contributed by atoms with Crippen molar-refractivity contribution >= 4 is 29.8 Å². The second-order valence-corrected chi connectivity index (χ2v) is 7.95. The van der Waals surface area contributed by atoms with Gasteiger partial charge in [0.25, 0.3) is 0 Å². The largest absolute Gasteiger partial charge is 0.497 e. The maximum absolute atomic E-state index is 12.7. The molecule has 8 heteroatoms. The van der Waals surface area contributed by atoms with Gasteiger partial charge in [-0.2, -0.15) is 0 Å². The first-order chi connectivity index (χ1) is 14.5.